The predicted molar refractivity (Wildman–Crippen MR) is 69.4 cm³/mol. The zero-order valence-corrected chi connectivity index (χ0v) is 11.5. The van der Waals surface area contributed by atoms with Crippen LogP contribution in [0, 0.1) is 0 Å². The van der Waals surface area contributed by atoms with Crippen molar-refractivity contribution in [3.05, 3.63) is 29.8 Å². The van der Waals surface area contributed by atoms with E-state index in [0.717, 1.165) is 25.1 Å². The van der Waals surface area contributed by atoms with Crippen LogP contribution in [0.5, 0.6) is 5.75 Å². The van der Waals surface area contributed by atoms with Gasteiger partial charge < -0.3 is 4.74 Å². The lowest BCUT2D eigenvalue weighted by Gasteiger charge is -2.20. The molecule has 0 aliphatic carbocycles. The van der Waals surface area contributed by atoms with Crippen LogP contribution in [0.1, 0.15) is 18.9 Å². The third kappa shape index (κ3) is 6.68. The smallest absolute Gasteiger partial charge is 0.406 e. The molecule has 0 heterocycles. The van der Waals surface area contributed by atoms with Gasteiger partial charge in [0, 0.05) is 19.0 Å². The maximum Gasteiger partial charge on any atom is 0.573 e. The summed E-state index contributed by atoms with van der Waals surface area (Å²) < 4.78 is 39.8. The molecule has 0 aromatic heterocycles. The van der Waals surface area contributed by atoms with Crippen LogP contribution >= 0.6 is 11.6 Å². The Morgan fingerprint density at radius 1 is 1.16 bits per heavy atom. The van der Waals surface area contributed by atoms with Gasteiger partial charge in [-0.1, -0.05) is 19.1 Å². The molecule has 1 aromatic carbocycles. The van der Waals surface area contributed by atoms with E-state index < -0.39 is 6.36 Å². The van der Waals surface area contributed by atoms with Crippen molar-refractivity contribution in [1.29, 1.82) is 0 Å². The van der Waals surface area contributed by atoms with E-state index in [1.807, 2.05) is 0 Å². The maximum absolute atomic E-state index is 12.0. The normalized spacial score (nSPS) is 11.9. The summed E-state index contributed by atoms with van der Waals surface area (Å²) in [6.07, 6.45) is -3.64. The maximum atomic E-state index is 12.0. The fourth-order valence-electron chi connectivity index (χ4n) is 1.76. The van der Waals surface area contributed by atoms with Crippen LogP contribution in [0.3, 0.4) is 0 Å². The molecule has 0 aliphatic heterocycles. The number of benzene rings is 1. The van der Waals surface area contributed by atoms with Gasteiger partial charge in [0.15, 0.2) is 0 Å². The second-order valence-corrected chi connectivity index (χ2v) is 4.53. The van der Waals surface area contributed by atoms with E-state index in [1.165, 1.54) is 12.1 Å². The van der Waals surface area contributed by atoms with Crippen molar-refractivity contribution < 1.29 is 17.9 Å². The first-order valence-corrected chi connectivity index (χ1v) is 6.61. The van der Waals surface area contributed by atoms with Crippen LogP contribution in [-0.4, -0.2) is 30.2 Å². The number of alkyl halides is 4. The largest absolute Gasteiger partial charge is 0.573 e. The molecule has 1 aromatic rings. The third-order valence-corrected chi connectivity index (χ3v) is 2.67. The van der Waals surface area contributed by atoms with E-state index in [1.54, 1.807) is 12.1 Å². The summed E-state index contributed by atoms with van der Waals surface area (Å²) in [7, 11) is 0. The zero-order valence-electron chi connectivity index (χ0n) is 10.7. The molecule has 108 valence electrons. The third-order valence-electron chi connectivity index (χ3n) is 2.50. The second-order valence-electron chi connectivity index (χ2n) is 4.16. The second kappa shape index (κ2) is 7.60. The number of halogens is 4. The number of hydrogen-bond donors (Lipinski definition) is 0. The molecule has 0 spiro atoms. The van der Waals surface area contributed by atoms with Crippen molar-refractivity contribution in [2.75, 3.05) is 19.0 Å². The molecular formula is C13H17ClF3NO. The van der Waals surface area contributed by atoms with Crippen molar-refractivity contribution in [3.8, 4) is 5.75 Å². The fourth-order valence-corrected chi connectivity index (χ4v) is 2.00. The Hall–Kier alpha value is -0.940. The van der Waals surface area contributed by atoms with Gasteiger partial charge in [0.1, 0.15) is 5.75 Å². The summed E-state index contributed by atoms with van der Waals surface area (Å²) in [5.41, 5.74) is 0.938. The quantitative estimate of drug-likeness (QED) is 0.704. The molecule has 0 radical (unpaired) electrons. The fraction of sp³-hybridized carbons (Fsp3) is 0.538. The Kier molecular flexibility index (Phi) is 6.45. The van der Waals surface area contributed by atoms with Crippen LogP contribution in [0.15, 0.2) is 24.3 Å². The molecule has 2 nitrogen and oxygen atoms in total. The summed E-state index contributed by atoms with van der Waals surface area (Å²) in [6, 6.07) is 5.93. The predicted octanol–water partition coefficient (Wildman–Crippen LogP) is 4.04. The highest BCUT2D eigenvalue weighted by molar-refractivity contribution is 6.18. The van der Waals surface area contributed by atoms with Gasteiger partial charge in [-0.05, 0) is 30.7 Å². The van der Waals surface area contributed by atoms with Gasteiger partial charge in [-0.15, -0.1) is 24.8 Å². The van der Waals surface area contributed by atoms with E-state index in [2.05, 4.69) is 16.6 Å². The number of ether oxygens (including phenoxy) is 1. The Bertz CT molecular complexity index is 361. The lowest BCUT2D eigenvalue weighted by Crippen LogP contribution is -2.26. The Morgan fingerprint density at radius 3 is 2.26 bits per heavy atom. The van der Waals surface area contributed by atoms with Gasteiger partial charge in [-0.3, -0.25) is 4.90 Å². The highest BCUT2D eigenvalue weighted by atomic mass is 35.5. The lowest BCUT2D eigenvalue weighted by atomic mass is 10.2. The van der Waals surface area contributed by atoms with E-state index in [0.29, 0.717) is 12.4 Å². The molecule has 0 amide bonds. The first kappa shape index (κ1) is 16.1. The number of hydrogen-bond acceptors (Lipinski definition) is 2. The van der Waals surface area contributed by atoms with Gasteiger partial charge >= 0.3 is 6.36 Å². The average molecular weight is 296 g/mol. The van der Waals surface area contributed by atoms with Crippen molar-refractivity contribution >= 4 is 11.6 Å². The van der Waals surface area contributed by atoms with Crippen LogP contribution < -0.4 is 4.74 Å². The molecule has 0 bridgehead atoms. The summed E-state index contributed by atoms with van der Waals surface area (Å²) >= 11 is 5.71. The molecule has 1 rings (SSSR count). The van der Waals surface area contributed by atoms with Crippen LogP contribution in [-0.2, 0) is 6.54 Å². The monoisotopic (exact) mass is 295 g/mol. The molecule has 0 saturated carbocycles. The van der Waals surface area contributed by atoms with Crippen LogP contribution in [0.2, 0.25) is 0 Å². The summed E-state index contributed by atoms with van der Waals surface area (Å²) in [5.74, 6) is 0.338. The van der Waals surface area contributed by atoms with Gasteiger partial charge in [-0.2, -0.15) is 0 Å². The first-order chi connectivity index (χ1) is 8.94. The Morgan fingerprint density at radius 2 is 1.79 bits per heavy atom. The van der Waals surface area contributed by atoms with Crippen LogP contribution in [0.4, 0.5) is 13.2 Å². The van der Waals surface area contributed by atoms with Gasteiger partial charge in [0.2, 0.25) is 0 Å². The summed E-state index contributed by atoms with van der Waals surface area (Å²) in [5, 5.41) is 0. The lowest BCUT2D eigenvalue weighted by molar-refractivity contribution is -0.274. The van der Waals surface area contributed by atoms with Crippen molar-refractivity contribution in [2.45, 2.75) is 26.3 Å². The number of rotatable bonds is 7. The van der Waals surface area contributed by atoms with E-state index in [-0.39, 0.29) is 5.75 Å². The number of nitrogens with zero attached hydrogens (tertiary/aromatic N) is 1. The first-order valence-electron chi connectivity index (χ1n) is 6.07. The molecule has 0 atom stereocenters. The molecule has 0 N–H and O–H groups in total. The van der Waals surface area contributed by atoms with Crippen LogP contribution in [0.25, 0.3) is 0 Å². The molecule has 0 fully saturated rings. The van der Waals surface area contributed by atoms with Gasteiger partial charge in [0.25, 0.3) is 0 Å². The van der Waals surface area contributed by atoms with Crippen molar-refractivity contribution in [2.24, 2.45) is 0 Å². The topological polar surface area (TPSA) is 12.5 Å². The molecule has 0 unspecified atom stereocenters. The standard InChI is InChI=1S/C13H17ClF3NO/c1-2-8-18(9-7-14)10-11-3-5-12(6-4-11)19-13(15,16)17/h3-6H,2,7-10H2,1H3. The van der Waals surface area contributed by atoms with Crippen molar-refractivity contribution in [3.63, 3.8) is 0 Å². The highest BCUT2D eigenvalue weighted by Gasteiger charge is 2.30. The molecule has 0 aliphatic rings. The minimum absolute atomic E-state index is 0.198. The van der Waals surface area contributed by atoms with E-state index >= 15 is 0 Å². The summed E-state index contributed by atoms with van der Waals surface area (Å²) in [4.78, 5) is 2.16. The highest BCUT2D eigenvalue weighted by Crippen LogP contribution is 2.23. The molecular weight excluding hydrogens is 279 g/mol. The summed E-state index contributed by atoms with van der Waals surface area (Å²) in [6.45, 7) is 4.41. The van der Waals surface area contributed by atoms with Crippen molar-refractivity contribution in [1.82, 2.24) is 4.90 Å². The van der Waals surface area contributed by atoms with E-state index in [9.17, 15) is 13.2 Å². The molecule has 0 saturated heterocycles. The van der Waals surface area contributed by atoms with E-state index in [4.69, 9.17) is 11.6 Å². The van der Waals surface area contributed by atoms with Gasteiger partial charge in [0.05, 0.1) is 0 Å². The minimum Gasteiger partial charge on any atom is -0.406 e. The molecule has 19 heavy (non-hydrogen) atoms. The Labute approximate surface area is 116 Å². The average Bonchev–Trinajstić information content (AvgIpc) is 2.30. The Balaban J connectivity index is 2.60. The zero-order chi connectivity index (χ0) is 14.3. The molecule has 6 heteroatoms. The minimum atomic E-state index is -4.64. The SMILES string of the molecule is CCCN(CCCl)Cc1ccc(OC(F)(F)F)cc1. The van der Waals surface area contributed by atoms with Gasteiger partial charge in [-0.25, -0.2) is 0 Å².